The number of carbonyl (C=O) groups excluding carboxylic acids is 1. The zero-order chi connectivity index (χ0) is 16.7. The molecule has 0 aliphatic carbocycles. The molecule has 0 unspecified atom stereocenters. The van der Waals surface area contributed by atoms with E-state index >= 15 is 0 Å². The molecule has 0 rings (SSSR count). The highest BCUT2D eigenvalue weighted by Crippen LogP contribution is 2.11. The fraction of sp³-hybridized carbons (Fsp3) is 0.833. The Balaban J connectivity index is 3.41. The van der Waals surface area contributed by atoms with Crippen molar-refractivity contribution in [2.24, 2.45) is 0 Å². The number of unbranched alkanes of at least 4 members (excludes halogenated alkanes) is 8. The van der Waals surface area contributed by atoms with Gasteiger partial charge in [0.2, 0.25) is 0 Å². The Labute approximate surface area is 136 Å². The third kappa shape index (κ3) is 14.1. The normalized spacial score (nSPS) is 11.4. The van der Waals surface area contributed by atoms with E-state index in [-0.39, 0.29) is 5.97 Å². The summed E-state index contributed by atoms with van der Waals surface area (Å²) in [6.07, 6.45) is 12.4. The highest BCUT2D eigenvalue weighted by atomic mass is 16.5. The summed E-state index contributed by atoms with van der Waals surface area (Å²) in [5, 5.41) is 8.70. The molecule has 0 heterocycles. The first-order valence-corrected chi connectivity index (χ1v) is 8.74. The lowest BCUT2D eigenvalue weighted by Crippen LogP contribution is -2.43. The van der Waals surface area contributed by atoms with Gasteiger partial charge in [-0.3, -0.25) is 0 Å². The van der Waals surface area contributed by atoms with Crippen molar-refractivity contribution in [2.45, 2.75) is 57.8 Å². The highest BCUT2D eigenvalue weighted by molar-refractivity contribution is 5.81. The SMILES string of the molecule is C=CC(=O)OCC[N+](C)(C)CCCCCCCCCCCO. The molecule has 0 aliphatic rings. The van der Waals surface area contributed by atoms with E-state index in [9.17, 15) is 4.79 Å². The summed E-state index contributed by atoms with van der Waals surface area (Å²) >= 11 is 0. The van der Waals surface area contributed by atoms with E-state index in [0.29, 0.717) is 13.2 Å². The predicted octanol–water partition coefficient (Wildman–Crippen LogP) is 3.30. The Morgan fingerprint density at radius 2 is 1.45 bits per heavy atom. The van der Waals surface area contributed by atoms with Crippen LogP contribution in [0.4, 0.5) is 0 Å². The van der Waals surface area contributed by atoms with Gasteiger partial charge in [0.1, 0.15) is 13.2 Å². The molecular weight excluding hydrogens is 278 g/mol. The Hall–Kier alpha value is -0.870. The molecule has 1 N–H and O–H groups in total. The van der Waals surface area contributed by atoms with Crippen LogP contribution in [0.2, 0.25) is 0 Å². The second-order valence-corrected chi connectivity index (χ2v) is 6.66. The van der Waals surface area contributed by atoms with Crippen LogP contribution in [0.1, 0.15) is 57.8 Å². The summed E-state index contributed by atoms with van der Waals surface area (Å²) in [4.78, 5) is 11.0. The number of carbonyl (C=O) groups is 1. The maximum absolute atomic E-state index is 11.0. The summed E-state index contributed by atoms with van der Waals surface area (Å²) in [5.41, 5.74) is 0. The average Bonchev–Trinajstić information content (AvgIpc) is 2.48. The summed E-state index contributed by atoms with van der Waals surface area (Å²) in [6.45, 7) is 6.17. The first-order valence-electron chi connectivity index (χ1n) is 8.74. The molecule has 0 radical (unpaired) electrons. The van der Waals surface area contributed by atoms with Gasteiger partial charge in [0.05, 0.1) is 20.6 Å². The van der Waals surface area contributed by atoms with Gasteiger partial charge < -0.3 is 14.3 Å². The van der Waals surface area contributed by atoms with Crippen LogP contribution in [0.25, 0.3) is 0 Å². The summed E-state index contributed by atoms with van der Waals surface area (Å²) in [6, 6.07) is 0. The van der Waals surface area contributed by atoms with Gasteiger partial charge in [-0.15, -0.1) is 0 Å². The van der Waals surface area contributed by atoms with Gasteiger partial charge in [0.15, 0.2) is 0 Å². The lowest BCUT2D eigenvalue weighted by Gasteiger charge is -2.29. The number of aliphatic hydroxyl groups excluding tert-OH is 1. The van der Waals surface area contributed by atoms with Crippen LogP contribution in [-0.2, 0) is 9.53 Å². The number of aliphatic hydroxyl groups is 1. The van der Waals surface area contributed by atoms with Gasteiger partial charge in [-0.1, -0.05) is 45.1 Å². The predicted molar refractivity (Wildman–Crippen MR) is 91.6 cm³/mol. The van der Waals surface area contributed by atoms with Crippen molar-refractivity contribution in [1.82, 2.24) is 0 Å². The fourth-order valence-electron chi connectivity index (χ4n) is 2.45. The molecule has 0 atom stereocenters. The van der Waals surface area contributed by atoms with E-state index in [1.54, 1.807) is 0 Å². The van der Waals surface area contributed by atoms with Gasteiger partial charge in [-0.2, -0.15) is 0 Å². The van der Waals surface area contributed by atoms with Crippen molar-refractivity contribution >= 4 is 5.97 Å². The van der Waals surface area contributed by atoms with Gasteiger partial charge in [-0.25, -0.2) is 4.79 Å². The van der Waals surface area contributed by atoms with E-state index in [1.165, 1.54) is 57.4 Å². The molecular formula is C18H36NO3+. The van der Waals surface area contributed by atoms with Crippen LogP contribution in [0.5, 0.6) is 0 Å². The van der Waals surface area contributed by atoms with Crippen molar-refractivity contribution in [3.05, 3.63) is 12.7 Å². The Kier molecular flexibility index (Phi) is 13.2. The smallest absolute Gasteiger partial charge is 0.330 e. The maximum Gasteiger partial charge on any atom is 0.330 e. The number of hydrogen-bond acceptors (Lipinski definition) is 3. The first kappa shape index (κ1) is 21.1. The molecule has 0 bridgehead atoms. The third-order valence-electron chi connectivity index (χ3n) is 4.03. The van der Waals surface area contributed by atoms with E-state index in [1.807, 2.05) is 0 Å². The quantitative estimate of drug-likeness (QED) is 0.218. The molecule has 0 aromatic heterocycles. The Morgan fingerprint density at radius 1 is 0.955 bits per heavy atom. The second-order valence-electron chi connectivity index (χ2n) is 6.66. The maximum atomic E-state index is 11.0. The van der Waals surface area contributed by atoms with Gasteiger partial charge in [0, 0.05) is 12.7 Å². The van der Waals surface area contributed by atoms with Crippen molar-refractivity contribution < 1.29 is 19.1 Å². The van der Waals surface area contributed by atoms with E-state index < -0.39 is 0 Å². The molecule has 0 saturated carbocycles. The molecule has 4 nitrogen and oxygen atoms in total. The summed E-state index contributed by atoms with van der Waals surface area (Å²) in [7, 11) is 4.37. The number of ether oxygens (including phenoxy) is 1. The standard InChI is InChI=1S/C18H36NO3/c1-4-18(21)22-17-15-19(2,3)14-12-10-8-6-5-7-9-11-13-16-20/h4,20H,1,5-17H2,2-3H3/q+1. The largest absolute Gasteiger partial charge is 0.457 e. The lowest BCUT2D eigenvalue weighted by atomic mass is 10.1. The number of quaternary nitrogens is 1. The van der Waals surface area contributed by atoms with Crippen LogP contribution < -0.4 is 0 Å². The van der Waals surface area contributed by atoms with Crippen LogP contribution in [0, 0.1) is 0 Å². The lowest BCUT2D eigenvalue weighted by molar-refractivity contribution is -0.890. The van der Waals surface area contributed by atoms with Crippen LogP contribution in [-0.4, -0.2) is 56.0 Å². The molecule has 22 heavy (non-hydrogen) atoms. The van der Waals surface area contributed by atoms with Crippen molar-refractivity contribution in [2.75, 3.05) is 40.4 Å². The summed E-state index contributed by atoms with van der Waals surface area (Å²) in [5.74, 6) is -0.334. The van der Waals surface area contributed by atoms with Crippen molar-refractivity contribution in [1.29, 1.82) is 0 Å². The minimum absolute atomic E-state index is 0.334. The van der Waals surface area contributed by atoms with Crippen LogP contribution in [0.3, 0.4) is 0 Å². The van der Waals surface area contributed by atoms with Crippen molar-refractivity contribution in [3.8, 4) is 0 Å². The average molecular weight is 314 g/mol. The number of rotatable bonds is 15. The fourth-order valence-corrected chi connectivity index (χ4v) is 2.45. The molecule has 0 aromatic rings. The van der Waals surface area contributed by atoms with Gasteiger partial charge in [0.25, 0.3) is 0 Å². The number of nitrogens with zero attached hydrogens (tertiary/aromatic N) is 1. The van der Waals surface area contributed by atoms with Gasteiger partial charge >= 0.3 is 5.97 Å². The minimum atomic E-state index is -0.334. The van der Waals surface area contributed by atoms with Crippen LogP contribution in [0.15, 0.2) is 12.7 Å². The Morgan fingerprint density at radius 3 is 1.95 bits per heavy atom. The molecule has 130 valence electrons. The molecule has 0 saturated heterocycles. The molecule has 0 spiro atoms. The third-order valence-corrected chi connectivity index (χ3v) is 4.03. The van der Waals surface area contributed by atoms with E-state index in [2.05, 4.69) is 20.7 Å². The number of esters is 1. The zero-order valence-electron chi connectivity index (χ0n) is 14.7. The monoisotopic (exact) mass is 314 g/mol. The molecule has 0 aromatic carbocycles. The second kappa shape index (κ2) is 13.8. The number of hydrogen-bond donors (Lipinski definition) is 1. The van der Waals surface area contributed by atoms with Crippen molar-refractivity contribution in [3.63, 3.8) is 0 Å². The topological polar surface area (TPSA) is 46.5 Å². The molecule has 4 heteroatoms. The zero-order valence-corrected chi connectivity index (χ0v) is 14.7. The van der Waals surface area contributed by atoms with Gasteiger partial charge in [-0.05, 0) is 19.3 Å². The molecule has 0 aliphatic heterocycles. The molecule has 0 amide bonds. The Bertz CT molecular complexity index is 290. The van der Waals surface area contributed by atoms with Crippen LogP contribution >= 0.6 is 0 Å². The highest BCUT2D eigenvalue weighted by Gasteiger charge is 2.14. The summed E-state index contributed by atoms with van der Waals surface area (Å²) < 4.78 is 5.93. The number of likely N-dealkylation sites (N-methyl/N-ethyl adjacent to an activating group) is 1. The molecule has 0 fully saturated rings. The first-order chi connectivity index (χ1) is 10.5. The van der Waals surface area contributed by atoms with E-state index in [0.717, 1.165) is 24.0 Å². The minimum Gasteiger partial charge on any atom is -0.457 e. The van der Waals surface area contributed by atoms with E-state index in [4.69, 9.17) is 9.84 Å².